The van der Waals surface area contributed by atoms with Crippen LogP contribution < -0.4 is 5.48 Å². The van der Waals surface area contributed by atoms with Crippen molar-refractivity contribution in [1.29, 1.82) is 0 Å². The third-order valence-electron chi connectivity index (χ3n) is 1.63. The molecule has 3 heteroatoms. The van der Waals surface area contributed by atoms with Gasteiger partial charge in [-0.05, 0) is 12.8 Å². The normalized spacial score (nSPS) is 19.5. The van der Waals surface area contributed by atoms with Crippen LogP contribution in [0.2, 0.25) is 0 Å². The summed E-state index contributed by atoms with van der Waals surface area (Å²) in [4.78, 5) is 4.98. The molecular formula is C8H13NO2. The maximum absolute atomic E-state index is 5.17. The Morgan fingerprint density at radius 1 is 1.55 bits per heavy atom. The van der Waals surface area contributed by atoms with E-state index in [0.29, 0.717) is 12.6 Å². The molecule has 3 nitrogen and oxygen atoms in total. The second-order valence-corrected chi connectivity index (χ2v) is 2.50. The minimum Gasteiger partial charge on any atom is -0.381 e. The standard InChI is InChI=1S/C8H13NO2/c1-2-5-11-9-8-3-6-10-7-4-8/h1,8-9H,3-7H2. The van der Waals surface area contributed by atoms with Crippen LogP contribution in [0.3, 0.4) is 0 Å². The van der Waals surface area contributed by atoms with Gasteiger partial charge in [-0.25, -0.2) is 0 Å². The van der Waals surface area contributed by atoms with Gasteiger partial charge in [0.1, 0.15) is 6.61 Å². The predicted octanol–water partition coefficient (Wildman–Crippen LogP) is 0.320. The third kappa shape index (κ3) is 3.38. The first-order valence-electron chi connectivity index (χ1n) is 3.82. The van der Waals surface area contributed by atoms with E-state index in [2.05, 4.69) is 11.4 Å². The van der Waals surface area contributed by atoms with E-state index in [1.807, 2.05) is 0 Å². The first-order chi connectivity index (χ1) is 5.43. The summed E-state index contributed by atoms with van der Waals surface area (Å²) in [6, 6.07) is 0.414. The highest BCUT2D eigenvalue weighted by Crippen LogP contribution is 2.05. The summed E-state index contributed by atoms with van der Waals surface area (Å²) in [5.41, 5.74) is 2.90. The Kier molecular flexibility index (Phi) is 3.99. The van der Waals surface area contributed by atoms with Crippen molar-refractivity contribution in [3.8, 4) is 12.3 Å². The van der Waals surface area contributed by atoms with Gasteiger partial charge in [-0.15, -0.1) is 6.42 Å². The Hall–Kier alpha value is -0.560. The zero-order chi connectivity index (χ0) is 7.94. The molecule has 0 amide bonds. The summed E-state index contributed by atoms with van der Waals surface area (Å²) in [6.07, 6.45) is 7.01. The molecule has 11 heavy (non-hydrogen) atoms. The first kappa shape index (κ1) is 8.54. The van der Waals surface area contributed by atoms with Gasteiger partial charge in [0.2, 0.25) is 0 Å². The molecule has 0 saturated carbocycles. The molecule has 1 saturated heterocycles. The first-order valence-corrected chi connectivity index (χ1v) is 3.82. The Bertz CT molecular complexity index is 136. The molecule has 0 atom stereocenters. The van der Waals surface area contributed by atoms with Crippen LogP contribution in [0.15, 0.2) is 0 Å². The average molecular weight is 155 g/mol. The van der Waals surface area contributed by atoms with E-state index in [1.54, 1.807) is 0 Å². The minimum atomic E-state index is 0.331. The fourth-order valence-corrected chi connectivity index (χ4v) is 1.02. The van der Waals surface area contributed by atoms with Crippen LogP contribution in [0, 0.1) is 12.3 Å². The van der Waals surface area contributed by atoms with Gasteiger partial charge in [-0.1, -0.05) is 5.92 Å². The molecule has 0 aromatic carbocycles. The Morgan fingerprint density at radius 3 is 2.91 bits per heavy atom. The Labute approximate surface area is 67.0 Å². The van der Waals surface area contributed by atoms with Gasteiger partial charge in [0, 0.05) is 19.3 Å². The summed E-state index contributed by atoms with van der Waals surface area (Å²) in [5.74, 6) is 2.39. The molecule has 1 fully saturated rings. The minimum absolute atomic E-state index is 0.331. The second-order valence-electron chi connectivity index (χ2n) is 2.50. The molecule has 0 bridgehead atoms. The molecule has 1 N–H and O–H groups in total. The van der Waals surface area contributed by atoms with Crippen LogP contribution in [0.5, 0.6) is 0 Å². The zero-order valence-electron chi connectivity index (χ0n) is 6.51. The van der Waals surface area contributed by atoms with E-state index >= 15 is 0 Å². The number of ether oxygens (including phenoxy) is 1. The predicted molar refractivity (Wildman–Crippen MR) is 41.8 cm³/mol. The van der Waals surface area contributed by atoms with E-state index in [1.165, 1.54) is 0 Å². The van der Waals surface area contributed by atoms with Crippen molar-refractivity contribution < 1.29 is 9.57 Å². The number of rotatable bonds is 3. The molecule has 0 aromatic rings. The lowest BCUT2D eigenvalue weighted by Gasteiger charge is -2.21. The van der Waals surface area contributed by atoms with Gasteiger partial charge in [0.05, 0.1) is 0 Å². The highest BCUT2D eigenvalue weighted by molar-refractivity contribution is 4.82. The van der Waals surface area contributed by atoms with Crippen molar-refractivity contribution >= 4 is 0 Å². The monoisotopic (exact) mass is 155 g/mol. The van der Waals surface area contributed by atoms with E-state index in [-0.39, 0.29) is 0 Å². The lowest BCUT2D eigenvalue weighted by molar-refractivity contribution is -0.00795. The van der Waals surface area contributed by atoms with Crippen LogP contribution in [0.1, 0.15) is 12.8 Å². The van der Waals surface area contributed by atoms with Crippen molar-refractivity contribution in [2.45, 2.75) is 18.9 Å². The maximum Gasteiger partial charge on any atom is 0.128 e. The Balaban J connectivity index is 2.01. The van der Waals surface area contributed by atoms with Crippen molar-refractivity contribution in [2.75, 3.05) is 19.8 Å². The van der Waals surface area contributed by atoms with Gasteiger partial charge in [0.15, 0.2) is 0 Å². The average Bonchev–Trinajstić information content (AvgIpc) is 2.07. The van der Waals surface area contributed by atoms with Crippen molar-refractivity contribution in [3.05, 3.63) is 0 Å². The quantitative estimate of drug-likeness (QED) is 0.362. The SMILES string of the molecule is C#CCONC1CCOCC1. The summed E-state index contributed by atoms with van der Waals surface area (Å²) < 4.78 is 5.17. The number of hydroxylamine groups is 1. The smallest absolute Gasteiger partial charge is 0.128 e. The molecule has 62 valence electrons. The third-order valence-corrected chi connectivity index (χ3v) is 1.63. The highest BCUT2D eigenvalue weighted by Gasteiger charge is 2.12. The number of terminal acetylenes is 1. The van der Waals surface area contributed by atoms with E-state index in [9.17, 15) is 0 Å². The van der Waals surface area contributed by atoms with E-state index in [4.69, 9.17) is 16.0 Å². The molecule has 1 aliphatic heterocycles. The molecule has 1 heterocycles. The highest BCUT2D eigenvalue weighted by atomic mass is 16.6. The number of hydrogen-bond acceptors (Lipinski definition) is 3. The largest absolute Gasteiger partial charge is 0.381 e. The number of nitrogens with one attached hydrogen (secondary N) is 1. The maximum atomic E-state index is 5.17. The molecule has 0 aliphatic carbocycles. The molecule has 0 aromatic heterocycles. The van der Waals surface area contributed by atoms with Crippen molar-refractivity contribution in [1.82, 2.24) is 5.48 Å². The lowest BCUT2D eigenvalue weighted by Crippen LogP contribution is -2.34. The molecular weight excluding hydrogens is 142 g/mol. The topological polar surface area (TPSA) is 30.5 Å². The van der Waals surface area contributed by atoms with Gasteiger partial charge in [0.25, 0.3) is 0 Å². The molecule has 0 radical (unpaired) electrons. The van der Waals surface area contributed by atoms with Crippen molar-refractivity contribution in [3.63, 3.8) is 0 Å². The zero-order valence-corrected chi connectivity index (χ0v) is 6.51. The van der Waals surface area contributed by atoms with Crippen LogP contribution >= 0.6 is 0 Å². The summed E-state index contributed by atoms with van der Waals surface area (Å²) >= 11 is 0. The molecule has 0 unspecified atom stereocenters. The van der Waals surface area contributed by atoms with Crippen LogP contribution in [-0.4, -0.2) is 25.9 Å². The van der Waals surface area contributed by atoms with Gasteiger partial charge in [-0.3, -0.25) is 4.84 Å². The second kappa shape index (κ2) is 5.14. The summed E-state index contributed by atoms with van der Waals surface area (Å²) in [5, 5.41) is 0. The Morgan fingerprint density at radius 2 is 2.27 bits per heavy atom. The van der Waals surface area contributed by atoms with Crippen LogP contribution in [0.4, 0.5) is 0 Å². The fraction of sp³-hybridized carbons (Fsp3) is 0.750. The molecule has 0 spiro atoms. The van der Waals surface area contributed by atoms with E-state index < -0.39 is 0 Å². The van der Waals surface area contributed by atoms with Crippen LogP contribution in [0.25, 0.3) is 0 Å². The van der Waals surface area contributed by atoms with Gasteiger partial charge < -0.3 is 4.74 Å². The van der Waals surface area contributed by atoms with Gasteiger partial charge >= 0.3 is 0 Å². The fourth-order valence-electron chi connectivity index (χ4n) is 1.02. The molecule has 1 aliphatic rings. The van der Waals surface area contributed by atoms with Gasteiger partial charge in [-0.2, -0.15) is 5.48 Å². The number of hydrogen-bond donors (Lipinski definition) is 1. The summed E-state index contributed by atoms with van der Waals surface area (Å²) in [7, 11) is 0. The van der Waals surface area contributed by atoms with Crippen LogP contribution in [-0.2, 0) is 9.57 Å². The molecule has 1 rings (SSSR count). The summed E-state index contributed by atoms with van der Waals surface area (Å²) in [6.45, 7) is 1.96. The van der Waals surface area contributed by atoms with E-state index in [0.717, 1.165) is 26.1 Å². The van der Waals surface area contributed by atoms with Crippen molar-refractivity contribution in [2.24, 2.45) is 0 Å². The lowest BCUT2D eigenvalue weighted by atomic mass is 10.1.